The largest absolute Gasteiger partial charge is 0.487 e. The molecule has 7 rings (SSSR count). The second-order valence-electron chi connectivity index (χ2n) is 14.2. The number of fused-ring (bicyclic) bond motifs is 2. The van der Waals surface area contributed by atoms with Gasteiger partial charge in [-0.25, -0.2) is 14.6 Å². The molecule has 15 heteroatoms. The second-order valence-corrected chi connectivity index (χ2v) is 14.2. The first-order valence-corrected chi connectivity index (χ1v) is 18.8. The van der Waals surface area contributed by atoms with E-state index in [-0.39, 0.29) is 12.7 Å². The normalized spacial score (nSPS) is 22.2. The molecule has 1 saturated carbocycles. The zero-order chi connectivity index (χ0) is 35.7. The molecular weight excluding hydrogens is 662 g/mol. The first-order chi connectivity index (χ1) is 25.6. The molecule has 2 aliphatic heterocycles. The average molecular weight is 712 g/mol. The molecule has 3 fully saturated rings. The molecule has 276 valence electrons. The monoisotopic (exact) mass is 711 g/mol. The van der Waals surface area contributed by atoms with Crippen molar-refractivity contribution in [2.45, 2.75) is 114 Å². The lowest BCUT2D eigenvalue weighted by atomic mass is 9.89. The van der Waals surface area contributed by atoms with Gasteiger partial charge in [0.05, 0.1) is 44.2 Å². The Morgan fingerprint density at radius 3 is 2.42 bits per heavy atom. The van der Waals surface area contributed by atoms with E-state index in [1.54, 1.807) is 23.1 Å². The van der Waals surface area contributed by atoms with Gasteiger partial charge >= 0.3 is 0 Å². The quantitative estimate of drug-likeness (QED) is 0.139. The smallest absolute Gasteiger partial charge is 0.256 e. The Kier molecular flexibility index (Phi) is 11.9. The number of hydrogen-bond acceptors (Lipinski definition) is 13. The molecule has 5 heterocycles. The molecule has 0 amide bonds. The van der Waals surface area contributed by atoms with E-state index >= 15 is 0 Å². The van der Waals surface area contributed by atoms with Crippen molar-refractivity contribution in [2.24, 2.45) is 0 Å². The van der Waals surface area contributed by atoms with Crippen LogP contribution in [0.1, 0.15) is 89.2 Å². The van der Waals surface area contributed by atoms with Crippen molar-refractivity contribution in [2.75, 3.05) is 31.7 Å². The van der Waals surface area contributed by atoms with E-state index in [9.17, 15) is 5.26 Å². The van der Waals surface area contributed by atoms with E-state index in [4.69, 9.17) is 24.4 Å². The second kappa shape index (κ2) is 17.2. The summed E-state index contributed by atoms with van der Waals surface area (Å²) in [6, 6.07) is 9.74. The lowest BCUT2D eigenvalue weighted by molar-refractivity contribution is -0.0458. The number of aliphatic hydroxyl groups is 1. The van der Waals surface area contributed by atoms with E-state index in [0.717, 1.165) is 87.8 Å². The molecule has 15 nitrogen and oxygen atoms in total. The number of nitrogens with one attached hydrogen (secondary N) is 1. The summed E-state index contributed by atoms with van der Waals surface area (Å²) in [5.74, 6) is 1.46. The molecular formula is C37H49N11O4. The minimum Gasteiger partial charge on any atom is -0.487 e. The number of nitrogens with zero attached hydrogens (tertiary/aromatic N) is 10. The Morgan fingerprint density at radius 1 is 0.962 bits per heavy atom. The van der Waals surface area contributed by atoms with Gasteiger partial charge in [0, 0.05) is 42.7 Å². The molecule has 3 aromatic heterocycles. The van der Waals surface area contributed by atoms with Crippen LogP contribution in [0.5, 0.6) is 11.6 Å². The van der Waals surface area contributed by atoms with Crippen LogP contribution in [0, 0.1) is 11.3 Å². The highest BCUT2D eigenvalue weighted by Gasteiger charge is 2.42. The lowest BCUT2D eigenvalue weighted by Crippen LogP contribution is -2.52. The maximum absolute atomic E-state index is 9.70. The summed E-state index contributed by atoms with van der Waals surface area (Å²) in [6.45, 7) is 4.90. The van der Waals surface area contributed by atoms with Crippen LogP contribution in [0.15, 0.2) is 43.1 Å². The van der Waals surface area contributed by atoms with Gasteiger partial charge in [-0.2, -0.15) is 5.26 Å². The molecule has 0 radical (unpaired) electrons. The molecule has 2 saturated heterocycles. The van der Waals surface area contributed by atoms with Gasteiger partial charge in [0.2, 0.25) is 5.95 Å². The number of hydrogen-bond donors (Lipinski definition) is 2. The Balaban J connectivity index is 1.01. The maximum Gasteiger partial charge on any atom is 0.256 e. The predicted molar refractivity (Wildman–Crippen MR) is 192 cm³/mol. The van der Waals surface area contributed by atoms with E-state index < -0.39 is 0 Å². The molecule has 0 unspecified atom stereocenters. The van der Waals surface area contributed by atoms with Crippen molar-refractivity contribution in [1.29, 1.82) is 5.26 Å². The van der Waals surface area contributed by atoms with Crippen molar-refractivity contribution in [1.82, 2.24) is 44.9 Å². The maximum atomic E-state index is 9.70. The van der Waals surface area contributed by atoms with Crippen molar-refractivity contribution in [3.8, 4) is 28.8 Å². The van der Waals surface area contributed by atoms with Crippen molar-refractivity contribution in [3.63, 3.8) is 0 Å². The molecule has 4 aromatic rings. The van der Waals surface area contributed by atoms with E-state index in [1.165, 1.54) is 19.2 Å². The minimum absolute atomic E-state index is 0.244. The summed E-state index contributed by atoms with van der Waals surface area (Å²) in [5.41, 5.74) is 2.79. The van der Waals surface area contributed by atoms with Crippen molar-refractivity contribution < 1.29 is 19.3 Å². The van der Waals surface area contributed by atoms with Crippen LogP contribution in [0.3, 0.4) is 0 Å². The van der Waals surface area contributed by atoms with Gasteiger partial charge in [0.15, 0.2) is 0 Å². The number of aliphatic hydroxyl groups excluding tert-OH is 1. The highest BCUT2D eigenvalue weighted by atomic mass is 16.5. The summed E-state index contributed by atoms with van der Waals surface area (Å²) in [7, 11) is 0. The fourth-order valence-corrected chi connectivity index (χ4v) is 7.88. The fraction of sp³-hybridized carbons (Fsp3) is 0.595. The first-order valence-electron chi connectivity index (χ1n) is 18.8. The number of unbranched alkanes of at least 4 members (excludes halogenated alkanes) is 4. The lowest BCUT2D eigenvalue weighted by Gasteiger charge is -2.43. The number of ether oxygens (including phenoxy) is 3. The number of benzene rings is 1. The molecule has 1 aromatic carbocycles. The zero-order valence-corrected chi connectivity index (χ0v) is 29.9. The summed E-state index contributed by atoms with van der Waals surface area (Å²) in [6.07, 6.45) is 18.7. The number of aromatic nitrogens is 8. The van der Waals surface area contributed by atoms with Crippen LogP contribution >= 0.6 is 0 Å². The fourth-order valence-electron chi connectivity index (χ4n) is 7.88. The molecule has 3 aliphatic rings. The third kappa shape index (κ3) is 8.68. The van der Waals surface area contributed by atoms with Crippen LogP contribution in [-0.4, -0.2) is 101 Å². The van der Waals surface area contributed by atoms with Crippen LogP contribution in [-0.2, 0) is 11.3 Å². The standard InChI is InChI=1S/C37H49N11O4/c1-26(21-46-25-41-44-45-46)52-35-17-27(7-8-28(35)18-38)29-19-39-37(40-20-29)42-34-22-47(43-36(34)51-16-6-4-2-3-5-15-49)30-9-11-31(12-10-30)48-32-13-14-33(48)24-50-23-32/h7-8,17,19-20,22,25-26,30-33,49H,2-6,9-16,21,23-24H2,1H3,(H,39,40,42)/t26-,30?,31?,32-,33+/m0/s1. The number of anilines is 2. The summed E-state index contributed by atoms with van der Waals surface area (Å²) < 4.78 is 21.9. The van der Waals surface area contributed by atoms with E-state index in [1.807, 2.05) is 25.3 Å². The van der Waals surface area contributed by atoms with E-state index in [2.05, 4.69) is 46.5 Å². The number of tetrazole rings is 1. The SMILES string of the molecule is C[C@@H](Cn1cnnn1)Oc1cc(-c2cnc(Nc3cn(C4CCC(N5[C@@H]6CC[C@H]5COC6)CC4)nc3OCCCCCCCO)nc2)ccc1C#N. The third-order valence-corrected chi connectivity index (χ3v) is 10.5. The van der Waals surface area contributed by atoms with Crippen LogP contribution in [0.25, 0.3) is 11.1 Å². The van der Waals surface area contributed by atoms with Crippen molar-refractivity contribution >= 4 is 11.6 Å². The average Bonchev–Trinajstić information content (AvgIpc) is 3.89. The molecule has 2 bridgehead atoms. The van der Waals surface area contributed by atoms with Gasteiger partial charge in [-0.05, 0) is 86.4 Å². The summed E-state index contributed by atoms with van der Waals surface area (Å²) >= 11 is 0. The summed E-state index contributed by atoms with van der Waals surface area (Å²) in [4.78, 5) is 12.0. The first kappa shape index (κ1) is 35.7. The molecule has 0 spiro atoms. The molecule has 1 aliphatic carbocycles. The van der Waals surface area contributed by atoms with E-state index in [0.29, 0.717) is 60.5 Å². The Labute approximate surface area is 304 Å². The molecule has 3 atom stereocenters. The zero-order valence-electron chi connectivity index (χ0n) is 29.9. The minimum atomic E-state index is -0.271. The van der Waals surface area contributed by atoms with Crippen LogP contribution in [0.4, 0.5) is 11.6 Å². The Morgan fingerprint density at radius 2 is 1.69 bits per heavy atom. The number of rotatable bonds is 17. The highest BCUT2D eigenvalue weighted by Crippen LogP contribution is 2.39. The third-order valence-electron chi connectivity index (χ3n) is 10.5. The highest BCUT2D eigenvalue weighted by molar-refractivity contribution is 5.67. The van der Waals surface area contributed by atoms with Gasteiger partial charge in [0.25, 0.3) is 5.88 Å². The molecule has 52 heavy (non-hydrogen) atoms. The molecule has 2 N–H and O–H groups in total. The Hall–Kier alpha value is -4.65. The van der Waals surface area contributed by atoms with Crippen LogP contribution in [0.2, 0.25) is 0 Å². The van der Waals surface area contributed by atoms with Gasteiger partial charge < -0.3 is 24.6 Å². The van der Waals surface area contributed by atoms with Gasteiger partial charge in [-0.15, -0.1) is 10.2 Å². The van der Waals surface area contributed by atoms with Gasteiger partial charge in [0.1, 0.15) is 29.9 Å². The Bertz CT molecular complexity index is 1740. The summed E-state index contributed by atoms with van der Waals surface area (Å²) in [5, 5.41) is 38.3. The van der Waals surface area contributed by atoms with Gasteiger partial charge in [-0.3, -0.25) is 9.58 Å². The van der Waals surface area contributed by atoms with Gasteiger partial charge in [-0.1, -0.05) is 25.3 Å². The van der Waals surface area contributed by atoms with Crippen LogP contribution < -0.4 is 14.8 Å². The number of morpholine rings is 1. The van der Waals surface area contributed by atoms with Crippen molar-refractivity contribution in [3.05, 3.63) is 48.7 Å². The number of nitriles is 1. The topological polar surface area (TPSA) is 174 Å². The predicted octanol–water partition coefficient (Wildman–Crippen LogP) is 5.08.